The van der Waals surface area contributed by atoms with Crippen LogP contribution in [0.2, 0.25) is 0 Å². The Morgan fingerprint density at radius 1 is 1.17 bits per heavy atom. The Hall–Kier alpha value is -2.10. The second-order valence-corrected chi connectivity index (χ2v) is 6.47. The molecule has 2 amide bonds. The highest BCUT2D eigenvalue weighted by Gasteiger charge is 2.46. The van der Waals surface area contributed by atoms with Crippen molar-refractivity contribution in [3.63, 3.8) is 0 Å². The number of amides is 2. The first-order valence-corrected chi connectivity index (χ1v) is 8.47. The molecule has 0 spiro atoms. The van der Waals surface area contributed by atoms with Crippen molar-refractivity contribution in [1.29, 1.82) is 0 Å². The fourth-order valence-corrected chi connectivity index (χ4v) is 4.00. The molecular weight excluding hydrogens is 288 g/mol. The molecule has 4 nitrogen and oxygen atoms in total. The number of likely N-dealkylation sites (tertiary alicyclic amines) is 1. The Morgan fingerprint density at radius 3 is 2.65 bits per heavy atom. The van der Waals surface area contributed by atoms with Gasteiger partial charge in [-0.25, -0.2) is 0 Å². The van der Waals surface area contributed by atoms with Gasteiger partial charge in [-0.05, 0) is 36.8 Å². The lowest BCUT2D eigenvalue weighted by Crippen LogP contribution is -2.48. The maximum atomic E-state index is 12.8. The lowest BCUT2D eigenvalue weighted by atomic mass is 9.84. The molecule has 1 N–H and O–H groups in total. The summed E-state index contributed by atoms with van der Waals surface area (Å²) in [5, 5.41) is 2.72. The zero-order valence-corrected chi connectivity index (χ0v) is 13.6. The van der Waals surface area contributed by atoms with E-state index in [0.29, 0.717) is 5.92 Å². The van der Waals surface area contributed by atoms with Crippen molar-refractivity contribution in [2.75, 3.05) is 7.05 Å². The average Bonchev–Trinajstić information content (AvgIpc) is 2.99. The highest BCUT2D eigenvalue weighted by Crippen LogP contribution is 2.39. The second-order valence-electron chi connectivity index (χ2n) is 6.47. The summed E-state index contributed by atoms with van der Waals surface area (Å²) in [4.78, 5) is 26.8. The summed E-state index contributed by atoms with van der Waals surface area (Å²) in [5.41, 5.74) is 0.997. The normalized spacial score (nSPS) is 27.0. The van der Waals surface area contributed by atoms with Crippen LogP contribution in [-0.2, 0) is 9.59 Å². The molecule has 2 aliphatic rings. The number of nitrogens with one attached hydrogen (secondary N) is 1. The van der Waals surface area contributed by atoms with Crippen LogP contribution in [0.5, 0.6) is 0 Å². The van der Waals surface area contributed by atoms with E-state index in [0.717, 1.165) is 31.2 Å². The van der Waals surface area contributed by atoms with Crippen LogP contribution in [0.1, 0.15) is 37.7 Å². The van der Waals surface area contributed by atoms with E-state index in [-0.39, 0.29) is 23.9 Å². The average molecular weight is 312 g/mol. The standard InChI is InChI=1S/C19H24N2O2/c1-20-19(23)17-13-15-9-5-6-10-16(15)21(17)18(22)12-11-14-7-3-2-4-8-14/h2-4,7-8,11-12,15-17H,5-6,9-10,13H2,1H3,(H,20,23)/b12-11+. The molecule has 3 rings (SSSR count). The molecule has 2 fully saturated rings. The molecule has 1 aliphatic heterocycles. The maximum Gasteiger partial charge on any atom is 0.247 e. The van der Waals surface area contributed by atoms with Gasteiger partial charge in [-0.3, -0.25) is 9.59 Å². The van der Waals surface area contributed by atoms with Gasteiger partial charge >= 0.3 is 0 Å². The van der Waals surface area contributed by atoms with Crippen LogP contribution in [0.4, 0.5) is 0 Å². The van der Waals surface area contributed by atoms with Gasteiger partial charge in [0.1, 0.15) is 6.04 Å². The lowest BCUT2D eigenvalue weighted by Gasteiger charge is -2.32. The van der Waals surface area contributed by atoms with Gasteiger partial charge in [0.15, 0.2) is 0 Å². The molecule has 1 aromatic rings. The van der Waals surface area contributed by atoms with Crippen molar-refractivity contribution in [2.45, 2.75) is 44.2 Å². The van der Waals surface area contributed by atoms with Gasteiger partial charge in [-0.2, -0.15) is 0 Å². The number of carbonyl (C=O) groups is 2. The van der Waals surface area contributed by atoms with Gasteiger partial charge in [-0.15, -0.1) is 0 Å². The highest BCUT2D eigenvalue weighted by atomic mass is 16.2. The molecule has 0 aromatic heterocycles. The fourth-order valence-electron chi connectivity index (χ4n) is 4.00. The first-order valence-electron chi connectivity index (χ1n) is 8.47. The number of likely N-dealkylation sites (N-methyl/N-ethyl adjacent to an activating group) is 1. The number of nitrogens with zero attached hydrogens (tertiary/aromatic N) is 1. The Bertz CT molecular complexity index is 597. The molecule has 122 valence electrons. The van der Waals surface area contributed by atoms with Crippen molar-refractivity contribution >= 4 is 17.9 Å². The number of benzene rings is 1. The van der Waals surface area contributed by atoms with E-state index in [9.17, 15) is 9.59 Å². The van der Waals surface area contributed by atoms with Crippen molar-refractivity contribution in [2.24, 2.45) is 5.92 Å². The summed E-state index contributed by atoms with van der Waals surface area (Å²) < 4.78 is 0. The largest absolute Gasteiger partial charge is 0.357 e. The summed E-state index contributed by atoms with van der Waals surface area (Å²) in [7, 11) is 1.65. The Kier molecular flexibility index (Phi) is 4.79. The third-order valence-electron chi connectivity index (χ3n) is 5.11. The van der Waals surface area contributed by atoms with Crippen molar-refractivity contribution in [1.82, 2.24) is 10.2 Å². The SMILES string of the molecule is CNC(=O)C1CC2CCCCC2N1C(=O)/C=C/c1ccccc1. The quantitative estimate of drug-likeness (QED) is 0.872. The van der Waals surface area contributed by atoms with Crippen molar-refractivity contribution < 1.29 is 9.59 Å². The maximum absolute atomic E-state index is 12.8. The predicted molar refractivity (Wildman–Crippen MR) is 90.5 cm³/mol. The summed E-state index contributed by atoms with van der Waals surface area (Å²) in [6.07, 6.45) is 8.75. The molecule has 0 bridgehead atoms. The highest BCUT2D eigenvalue weighted by molar-refractivity contribution is 5.96. The minimum atomic E-state index is -0.318. The van der Waals surface area contributed by atoms with E-state index in [1.165, 1.54) is 6.42 Å². The number of hydrogen-bond acceptors (Lipinski definition) is 2. The van der Waals surface area contributed by atoms with E-state index in [1.807, 2.05) is 41.3 Å². The Morgan fingerprint density at radius 2 is 1.91 bits per heavy atom. The molecule has 3 atom stereocenters. The third-order valence-corrected chi connectivity index (χ3v) is 5.11. The molecule has 1 saturated carbocycles. The van der Waals surface area contributed by atoms with E-state index >= 15 is 0 Å². The van der Waals surface area contributed by atoms with E-state index in [1.54, 1.807) is 13.1 Å². The molecule has 1 aromatic carbocycles. The first-order chi connectivity index (χ1) is 11.2. The van der Waals surface area contributed by atoms with Gasteiger partial charge in [-0.1, -0.05) is 43.2 Å². The minimum Gasteiger partial charge on any atom is -0.357 e. The van der Waals surface area contributed by atoms with Crippen LogP contribution >= 0.6 is 0 Å². The van der Waals surface area contributed by atoms with Gasteiger partial charge in [0.05, 0.1) is 0 Å². The van der Waals surface area contributed by atoms with Crippen molar-refractivity contribution in [3.05, 3.63) is 42.0 Å². The van der Waals surface area contributed by atoms with E-state index in [2.05, 4.69) is 5.32 Å². The molecule has 4 heteroatoms. The zero-order chi connectivity index (χ0) is 16.2. The first kappa shape index (κ1) is 15.8. The minimum absolute atomic E-state index is 0.0409. The van der Waals surface area contributed by atoms with Gasteiger partial charge in [0.25, 0.3) is 0 Å². The summed E-state index contributed by atoms with van der Waals surface area (Å²) >= 11 is 0. The Balaban J connectivity index is 1.80. The molecule has 1 aliphatic carbocycles. The number of hydrogen-bond donors (Lipinski definition) is 1. The topological polar surface area (TPSA) is 49.4 Å². The second kappa shape index (κ2) is 6.99. The molecule has 23 heavy (non-hydrogen) atoms. The Labute approximate surface area is 137 Å². The third kappa shape index (κ3) is 3.31. The van der Waals surface area contributed by atoms with Crippen LogP contribution in [-0.4, -0.2) is 35.8 Å². The van der Waals surface area contributed by atoms with Gasteiger partial charge in [0.2, 0.25) is 11.8 Å². The zero-order valence-electron chi connectivity index (χ0n) is 13.6. The predicted octanol–water partition coefficient (Wildman–Crippen LogP) is 2.61. The molecule has 1 saturated heterocycles. The van der Waals surface area contributed by atoms with E-state index in [4.69, 9.17) is 0 Å². The monoisotopic (exact) mass is 312 g/mol. The van der Waals surface area contributed by atoms with Crippen LogP contribution in [0, 0.1) is 5.92 Å². The summed E-state index contributed by atoms with van der Waals surface area (Å²) in [6, 6.07) is 9.68. The van der Waals surface area contributed by atoms with Crippen molar-refractivity contribution in [3.8, 4) is 0 Å². The fraction of sp³-hybridized carbons (Fsp3) is 0.474. The molecular formula is C19H24N2O2. The van der Waals surface area contributed by atoms with Gasteiger partial charge in [0, 0.05) is 19.2 Å². The summed E-state index contributed by atoms with van der Waals surface area (Å²) in [6.45, 7) is 0. The van der Waals surface area contributed by atoms with Crippen LogP contribution in [0.3, 0.4) is 0 Å². The van der Waals surface area contributed by atoms with Crippen LogP contribution < -0.4 is 5.32 Å². The number of carbonyl (C=O) groups excluding carboxylic acids is 2. The van der Waals surface area contributed by atoms with Crippen LogP contribution in [0.25, 0.3) is 6.08 Å². The summed E-state index contributed by atoms with van der Waals surface area (Å²) in [5.74, 6) is 0.387. The molecule has 1 heterocycles. The number of rotatable bonds is 3. The molecule has 0 radical (unpaired) electrons. The smallest absolute Gasteiger partial charge is 0.247 e. The molecule has 3 unspecified atom stereocenters. The van der Waals surface area contributed by atoms with Gasteiger partial charge < -0.3 is 10.2 Å². The van der Waals surface area contributed by atoms with Crippen LogP contribution in [0.15, 0.2) is 36.4 Å². The number of fused-ring (bicyclic) bond motifs is 1. The van der Waals surface area contributed by atoms with E-state index < -0.39 is 0 Å². The lowest BCUT2D eigenvalue weighted by molar-refractivity contribution is -0.136.